The van der Waals surface area contributed by atoms with Crippen molar-refractivity contribution >= 4 is 0 Å². The summed E-state index contributed by atoms with van der Waals surface area (Å²) in [6.07, 6.45) is 3.77. The summed E-state index contributed by atoms with van der Waals surface area (Å²) >= 11 is 0. The van der Waals surface area contributed by atoms with Crippen LogP contribution in [-0.2, 0) is 6.54 Å². The molecule has 0 radical (unpaired) electrons. The van der Waals surface area contributed by atoms with Crippen molar-refractivity contribution in [2.24, 2.45) is 5.92 Å². The summed E-state index contributed by atoms with van der Waals surface area (Å²) in [4.78, 5) is 0. The number of ether oxygens (including phenoxy) is 2. The third kappa shape index (κ3) is 3.73. The Morgan fingerprint density at radius 1 is 1.23 bits per heavy atom. The van der Waals surface area contributed by atoms with Crippen molar-refractivity contribution in [3.63, 3.8) is 0 Å². The Labute approximate surface area is 133 Å². The van der Waals surface area contributed by atoms with E-state index in [4.69, 9.17) is 9.47 Å². The van der Waals surface area contributed by atoms with E-state index in [2.05, 4.69) is 25.2 Å². The van der Waals surface area contributed by atoms with Gasteiger partial charge in [0.25, 0.3) is 0 Å². The molecular formula is C18H29NO3. The smallest absolute Gasteiger partial charge is 0.165 e. The SMILES string of the molecule is COc1cccc(CNC2CCC(O)(C(C)C)CC2)c1OC. The molecule has 0 saturated heterocycles. The molecule has 0 unspecified atom stereocenters. The molecule has 1 aliphatic rings. The van der Waals surface area contributed by atoms with Crippen LogP contribution in [0, 0.1) is 5.92 Å². The van der Waals surface area contributed by atoms with Gasteiger partial charge in [0.1, 0.15) is 0 Å². The van der Waals surface area contributed by atoms with Crippen molar-refractivity contribution < 1.29 is 14.6 Å². The Hall–Kier alpha value is -1.26. The van der Waals surface area contributed by atoms with Gasteiger partial charge in [0.2, 0.25) is 0 Å². The molecule has 124 valence electrons. The Bertz CT molecular complexity index is 479. The zero-order chi connectivity index (χ0) is 16.2. The van der Waals surface area contributed by atoms with Crippen LogP contribution in [0.2, 0.25) is 0 Å². The summed E-state index contributed by atoms with van der Waals surface area (Å²) in [5, 5.41) is 14.1. The molecule has 2 rings (SSSR count). The molecule has 1 aromatic carbocycles. The van der Waals surface area contributed by atoms with Crippen molar-refractivity contribution in [1.82, 2.24) is 5.32 Å². The summed E-state index contributed by atoms with van der Waals surface area (Å²) in [6.45, 7) is 4.97. The average Bonchev–Trinajstić information content (AvgIpc) is 2.53. The van der Waals surface area contributed by atoms with Crippen LogP contribution < -0.4 is 14.8 Å². The second kappa shape index (κ2) is 7.34. The largest absolute Gasteiger partial charge is 0.493 e. The first-order valence-corrected chi connectivity index (χ1v) is 8.16. The van der Waals surface area contributed by atoms with Gasteiger partial charge in [0.05, 0.1) is 19.8 Å². The molecule has 0 bridgehead atoms. The first-order chi connectivity index (χ1) is 10.5. The van der Waals surface area contributed by atoms with E-state index in [9.17, 15) is 5.11 Å². The van der Waals surface area contributed by atoms with Crippen LogP contribution in [0.1, 0.15) is 45.1 Å². The fraction of sp³-hybridized carbons (Fsp3) is 0.667. The predicted octanol–water partition coefficient (Wildman–Crippen LogP) is 3.12. The van der Waals surface area contributed by atoms with E-state index in [1.54, 1.807) is 14.2 Å². The van der Waals surface area contributed by atoms with E-state index in [1.165, 1.54) is 0 Å². The van der Waals surface area contributed by atoms with Crippen LogP contribution in [0.3, 0.4) is 0 Å². The molecule has 0 spiro atoms. The number of hydrogen-bond donors (Lipinski definition) is 2. The molecule has 1 aliphatic carbocycles. The van der Waals surface area contributed by atoms with Gasteiger partial charge < -0.3 is 19.9 Å². The lowest BCUT2D eigenvalue weighted by Crippen LogP contribution is -2.44. The van der Waals surface area contributed by atoms with Crippen molar-refractivity contribution in [2.45, 2.75) is 57.7 Å². The minimum atomic E-state index is -0.480. The highest BCUT2D eigenvalue weighted by Crippen LogP contribution is 2.35. The summed E-state index contributed by atoms with van der Waals surface area (Å²) < 4.78 is 10.8. The highest BCUT2D eigenvalue weighted by molar-refractivity contribution is 5.46. The van der Waals surface area contributed by atoms with E-state index >= 15 is 0 Å². The van der Waals surface area contributed by atoms with Gasteiger partial charge in [-0.25, -0.2) is 0 Å². The van der Waals surface area contributed by atoms with Gasteiger partial charge in [-0.3, -0.25) is 0 Å². The van der Waals surface area contributed by atoms with Gasteiger partial charge in [-0.15, -0.1) is 0 Å². The van der Waals surface area contributed by atoms with Crippen LogP contribution in [0.25, 0.3) is 0 Å². The minimum Gasteiger partial charge on any atom is -0.493 e. The third-order valence-electron chi connectivity index (χ3n) is 4.99. The number of hydrogen-bond acceptors (Lipinski definition) is 4. The monoisotopic (exact) mass is 307 g/mol. The average molecular weight is 307 g/mol. The first kappa shape index (κ1) is 17.1. The third-order valence-corrected chi connectivity index (χ3v) is 4.99. The number of methoxy groups -OCH3 is 2. The quantitative estimate of drug-likeness (QED) is 0.848. The number of aliphatic hydroxyl groups is 1. The molecule has 1 aromatic rings. The number of benzene rings is 1. The van der Waals surface area contributed by atoms with Gasteiger partial charge in [0.15, 0.2) is 11.5 Å². The molecule has 1 saturated carbocycles. The highest BCUT2D eigenvalue weighted by Gasteiger charge is 2.35. The fourth-order valence-electron chi connectivity index (χ4n) is 3.25. The minimum absolute atomic E-state index is 0.326. The van der Waals surface area contributed by atoms with Gasteiger partial charge in [0, 0.05) is 18.2 Å². The lowest BCUT2D eigenvalue weighted by atomic mass is 9.75. The molecule has 2 N–H and O–H groups in total. The van der Waals surface area contributed by atoms with Gasteiger partial charge in [-0.2, -0.15) is 0 Å². The van der Waals surface area contributed by atoms with Crippen LogP contribution in [0.15, 0.2) is 18.2 Å². The molecule has 4 nitrogen and oxygen atoms in total. The lowest BCUT2D eigenvalue weighted by Gasteiger charge is -2.39. The van der Waals surface area contributed by atoms with E-state index in [-0.39, 0.29) is 0 Å². The summed E-state index contributed by atoms with van der Waals surface area (Å²) in [6, 6.07) is 6.40. The van der Waals surface area contributed by atoms with Gasteiger partial charge >= 0.3 is 0 Å². The lowest BCUT2D eigenvalue weighted by molar-refractivity contribution is -0.0430. The number of nitrogens with one attached hydrogen (secondary N) is 1. The van der Waals surface area contributed by atoms with E-state index < -0.39 is 5.60 Å². The molecule has 4 heteroatoms. The highest BCUT2D eigenvalue weighted by atomic mass is 16.5. The van der Waals surface area contributed by atoms with Crippen LogP contribution in [0.4, 0.5) is 0 Å². The predicted molar refractivity (Wildman–Crippen MR) is 88.4 cm³/mol. The Balaban J connectivity index is 1.92. The topological polar surface area (TPSA) is 50.7 Å². The maximum Gasteiger partial charge on any atom is 0.165 e. The van der Waals surface area contributed by atoms with E-state index in [1.807, 2.05) is 12.1 Å². The van der Waals surface area contributed by atoms with Crippen molar-refractivity contribution in [3.8, 4) is 11.5 Å². The molecule has 1 fully saturated rings. The molecule has 0 atom stereocenters. The van der Waals surface area contributed by atoms with E-state index in [0.29, 0.717) is 12.0 Å². The van der Waals surface area contributed by atoms with Crippen molar-refractivity contribution in [1.29, 1.82) is 0 Å². The van der Waals surface area contributed by atoms with Crippen LogP contribution in [0.5, 0.6) is 11.5 Å². The molecule has 22 heavy (non-hydrogen) atoms. The molecule has 0 aliphatic heterocycles. The number of rotatable bonds is 6. The second-order valence-corrected chi connectivity index (χ2v) is 6.57. The Kier molecular flexibility index (Phi) is 5.70. The van der Waals surface area contributed by atoms with Crippen LogP contribution >= 0.6 is 0 Å². The standard InChI is InChI=1S/C18H29NO3/c1-13(2)18(20)10-8-15(9-11-18)19-12-14-6-5-7-16(21-3)17(14)22-4/h5-7,13,15,19-20H,8-12H2,1-4H3. The fourth-order valence-corrected chi connectivity index (χ4v) is 3.25. The molecule has 0 amide bonds. The second-order valence-electron chi connectivity index (χ2n) is 6.57. The Morgan fingerprint density at radius 3 is 2.45 bits per heavy atom. The zero-order valence-electron chi connectivity index (χ0n) is 14.2. The maximum atomic E-state index is 10.5. The summed E-state index contributed by atoms with van der Waals surface area (Å²) in [5.74, 6) is 1.89. The zero-order valence-corrected chi connectivity index (χ0v) is 14.2. The molecule has 0 aromatic heterocycles. The van der Waals surface area contributed by atoms with Crippen molar-refractivity contribution in [3.05, 3.63) is 23.8 Å². The first-order valence-electron chi connectivity index (χ1n) is 8.16. The maximum absolute atomic E-state index is 10.5. The molecular weight excluding hydrogens is 278 g/mol. The Morgan fingerprint density at radius 2 is 1.91 bits per heavy atom. The van der Waals surface area contributed by atoms with Crippen LogP contribution in [-0.4, -0.2) is 31.0 Å². The molecule has 0 heterocycles. The van der Waals surface area contributed by atoms with E-state index in [0.717, 1.165) is 49.3 Å². The summed E-state index contributed by atoms with van der Waals surface area (Å²) in [7, 11) is 3.33. The normalized spacial score (nSPS) is 25.3. The van der Waals surface area contributed by atoms with Gasteiger partial charge in [-0.1, -0.05) is 26.0 Å². The van der Waals surface area contributed by atoms with Crippen molar-refractivity contribution in [2.75, 3.05) is 14.2 Å². The van der Waals surface area contributed by atoms with Gasteiger partial charge in [-0.05, 0) is 37.7 Å². The summed E-state index contributed by atoms with van der Waals surface area (Å²) in [5.41, 5.74) is 0.623. The number of para-hydroxylation sites is 1.